The Morgan fingerprint density at radius 2 is 2.09 bits per heavy atom. The Labute approximate surface area is 134 Å². The van der Waals surface area contributed by atoms with E-state index in [9.17, 15) is 14.9 Å². The number of nitrogens with one attached hydrogen (secondary N) is 1. The van der Waals surface area contributed by atoms with E-state index < -0.39 is 4.92 Å². The number of aromatic nitrogens is 2. The van der Waals surface area contributed by atoms with Crippen LogP contribution < -0.4 is 5.32 Å². The maximum atomic E-state index is 12.0. The zero-order chi connectivity index (χ0) is 16.8. The van der Waals surface area contributed by atoms with Crippen molar-refractivity contribution in [2.75, 3.05) is 0 Å². The molecule has 0 aliphatic carbocycles. The van der Waals surface area contributed by atoms with E-state index in [1.165, 1.54) is 6.07 Å². The molecule has 0 bridgehead atoms. The van der Waals surface area contributed by atoms with Crippen molar-refractivity contribution >= 4 is 11.7 Å². The van der Waals surface area contributed by atoms with Gasteiger partial charge in [-0.05, 0) is 30.8 Å². The zero-order valence-electron chi connectivity index (χ0n) is 13.2. The lowest BCUT2D eigenvalue weighted by molar-refractivity contribution is -0.389. The van der Waals surface area contributed by atoms with E-state index in [-0.39, 0.29) is 17.8 Å². The van der Waals surface area contributed by atoms with Crippen LogP contribution in [0, 0.1) is 17.0 Å². The summed E-state index contributed by atoms with van der Waals surface area (Å²) in [4.78, 5) is 22.1. The molecule has 2 rings (SSSR count). The second-order valence-corrected chi connectivity index (χ2v) is 5.43. The highest BCUT2D eigenvalue weighted by Crippen LogP contribution is 2.13. The summed E-state index contributed by atoms with van der Waals surface area (Å²) < 4.78 is 1.56. The highest BCUT2D eigenvalue weighted by molar-refractivity contribution is 5.76. The molecule has 1 aromatic carbocycles. The quantitative estimate of drug-likeness (QED) is 0.628. The van der Waals surface area contributed by atoms with E-state index in [0.717, 1.165) is 11.3 Å². The molecule has 7 nitrogen and oxygen atoms in total. The zero-order valence-corrected chi connectivity index (χ0v) is 13.2. The molecule has 2 aromatic rings. The van der Waals surface area contributed by atoms with Gasteiger partial charge in [-0.2, -0.15) is 4.68 Å². The molecule has 1 aromatic heterocycles. The van der Waals surface area contributed by atoms with Crippen molar-refractivity contribution in [2.45, 2.75) is 39.3 Å². The number of hydrogen-bond donors (Lipinski definition) is 1. The second-order valence-electron chi connectivity index (χ2n) is 5.43. The van der Waals surface area contributed by atoms with Gasteiger partial charge in [-0.15, -0.1) is 0 Å². The Morgan fingerprint density at radius 3 is 2.70 bits per heavy atom. The van der Waals surface area contributed by atoms with Gasteiger partial charge < -0.3 is 15.4 Å². The predicted octanol–water partition coefficient (Wildman–Crippen LogP) is 2.76. The summed E-state index contributed by atoms with van der Waals surface area (Å²) in [6, 6.07) is 11.1. The summed E-state index contributed by atoms with van der Waals surface area (Å²) >= 11 is 0. The Bertz CT molecular complexity index is 682. The number of benzene rings is 1. The maximum absolute atomic E-state index is 12.0. The van der Waals surface area contributed by atoms with Crippen LogP contribution in [-0.4, -0.2) is 20.6 Å². The van der Waals surface area contributed by atoms with E-state index in [1.54, 1.807) is 11.6 Å². The fraction of sp³-hybridized carbons (Fsp3) is 0.375. The number of amides is 1. The van der Waals surface area contributed by atoms with Gasteiger partial charge >= 0.3 is 5.82 Å². The monoisotopic (exact) mass is 316 g/mol. The normalized spacial score (nSPS) is 11.9. The molecule has 0 spiro atoms. The van der Waals surface area contributed by atoms with E-state index in [2.05, 4.69) is 10.4 Å². The maximum Gasteiger partial charge on any atom is 0.390 e. The molecule has 0 aliphatic rings. The van der Waals surface area contributed by atoms with Crippen LogP contribution in [0.15, 0.2) is 36.4 Å². The van der Waals surface area contributed by atoms with Gasteiger partial charge in [0.1, 0.15) is 0 Å². The standard InChI is InChI=1S/C16H20N4O3/c1-12-11-15(20(22)23)18-19(12)10-6-9-16(21)17-13(2)14-7-4-3-5-8-14/h3-5,7-8,11,13H,6,9-10H2,1-2H3,(H,17,21)/t13-/m1/s1. The van der Waals surface area contributed by atoms with Gasteiger partial charge in [0.05, 0.1) is 29.4 Å². The van der Waals surface area contributed by atoms with Crippen molar-refractivity contribution in [3.8, 4) is 0 Å². The Hall–Kier alpha value is -2.70. The van der Waals surface area contributed by atoms with Gasteiger partial charge in [-0.25, -0.2) is 0 Å². The molecule has 0 unspecified atom stereocenters. The third-order valence-electron chi connectivity index (χ3n) is 3.61. The number of nitrogens with zero attached hydrogens (tertiary/aromatic N) is 3. The van der Waals surface area contributed by atoms with E-state index in [1.807, 2.05) is 37.3 Å². The van der Waals surface area contributed by atoms with Crippen molar-refractivity contribution in [3.63, 3.8) is 0 Å². The third-order valence-corrected chi connectivity index (χ3v) is 3.61. The van der Waals surface area contributed by atoms with Gasteiger partial charge in [-0.3, -0.25) is 4.79 Å². The first-order chi connectivity index (χ1) is 11.0. The number of carbonyl (C=O) groups excluding carboxylic acids is 1. The van der Waals surface area contributed by atoms with Crippen molar-refractivity contribution in [3.05, 3.63) is 57.8 Å². The number of aryl methyl sites for hydroxylation is 2. The number of rotatable bonds is 7. The average molecular weight is 316 g/mol. The summed E-state index contributed by atoms with van der Waals surface area (Å²) in [6.45, 7) is 4.18. The summed E-state index contributed by atoms with van der Waals surface area (Å²) in [7, 11) is 0. The second kappa shape index (κ2) is 7.53. The van der Waals surface area contributed by atoms with Gasteiger partial charge in [-0.1, -0.05) is 30.3 Å². The molecule has 122 valence electrons. The minimum absolute atomic E-state index is 0.0411. The predicted molar refractivity (Wildman–Crippen MR) is 85.9 cm³/mol. The summed E-state index contributed by atoms with van der Waals surface area (Å²) in [5, 5.41) is 17.5. The van der Waals surface area contributed by atoms with Crippen LogP contribution in [0.25, 0.3) is 0 Å². The average Bonchev–Trinajstić information content (AvgIpc) is 2.89. The largest absolute Gasteiger partial charge is 0.390 e. The highest BCUT2D eigenvalue weighted by Gasteiger charge is 2.15. The SMILES string of the molecule is Cc1cc([N+](=O)[O-])nn1CCCC(=O)N[C@H](C)c1ccccc1. The van der Waals surface area contributed by atoms with E-state index in [0.29, 0.717) is 19.4 Å². The van der Waals surface area contributed by atoms with Crippen molar-refractivity contribution < 1.29 is 9.72 Å². The van der Waals surface area contributed by atoms with Crippen molar-refractivity contribution in [2.24, 2.45) is 0 Å². The van der Waals surface area contributed by atoms with Crippen LogP contribution in [0.5, 0.6) is 0 Å². The van der Waals surface area contributed by atoms with Gasteiger partial charge in [0, 0.05) is 6.42 Å². The number of nitro groups is 1. The molecule has 0 fully saturated rings. The smallest absolute Gasteiger partial charge is 0.358 e. The molecule has 1 atom stereocenters. The van der Waals surface area contributed by atoms with Crippen LogP contribution >= 0.6 is 0 Å². The first-order valence-electron chi connectivity index (χ1n) is 7.50. The lowest BCUT2D eigenvalue weighted by Crippen LogP contribution is -2.26. The van der Waals surface area contributed by atoms with Gasteiger partial charge in [0.2, 0.25) is 5.91 Å². The topological polar surface area (TPSA) is 90.1 Å². The highest BCUT2D eigenvalue weighted by atomic mass is 16.6. The van der Waals surface area contributed by atoms with Crippen LogP contribution in [0.1, 0.15) is 37.1 Å². The molecule has 23 heavy (non-hydrogen) atoms. The first kappa shape index (κ1) is 16.7. The number of hydrogen-bond acceptors (Lipinski definition) is 4. The van der Waals surface area contributed by atoms with Crippen LogP contribution in [0.3, 0.4) is 0 Å². The van der Waals surface area contributed by atoms with Crippen molar-refractivity contribution in [1.82, 2.24) is 15.1 Å². The summed E-state index contributed by atoms with van der Waals surface area (Å²) in [5.41, 5.74) is 1.77. The summed E-state index contributed by atoms with van der Waals surface area (Å²) in [6.07, 6.45) is 0.928. The Balaban J connectivity index is 1.80. The minimum Gasteiger partial charge on any atom is -0.358 e. The lowest BCUT2D eigenvalue weighted by atomic mass is 10.1. The van der Waals surface area contributed by atoms with Gasteiger partial charge in [0.25, 0.3) is 0 Å². The number of carbonyl (C=O) groups is 1. The molecule has 7 heteroatoms. The third kappa shape index (κ3) is 4.64. The lowest BCUT2D eigenvalue weighted by Gasteiger charge is -2.14. The first-order valence-corrected chi connectivity index (χ1v) is 7.50. The van der Waals surface area contributed by atoms with Crippen LogP contribution in [0.4, 0.5) is 5.82 Å². The fourth-order valence-electron chi connectivity index (χ4n) is 2.34. The van der Waals surface area contributed by atoms with Crippen LogP contribution in [0.2, 0.25) is 0 Å². The summed E-state index contributed by atoms with van der Waals surface area (Å²) in [5.74, 6) is -0.203. The molecule has 1 heterocycles. The fourth-order valence-corrected chi connectivity index (χ4v) is 2.34. The Kier molecular flexibility index (Phi) is 5.46. The molecule has 0 saturated heterocycles. The molecular weight excluding hydrogens is 296 g/mol. The molecule has 0 aliphatic heterocycles. The molecule has 1 N–H and O–H groups in total. The molecule has 0 saturated carbocycles. The Morgan fingerprint density at radius 1 is 1.39 bits per heavy atom. The molecular formula is C16H20N4O3. The van der Waals surface area contributed by atoms with Crippen molar-refractivity contribution in [1.29, 1.82) is 0 Å². The van der Waals surface area contributed by atoms with Crippen LogP contribution in [-0.2, 0) is 11.3 Å². The van der Waals surface area contributed by atoms with E-state index in [4.69, 9.17) is 0 Å². The minimum atomic E-state index is -0.516. The molecule has 0 radical (unpaired) electrons. The molecule has 1 amide bonds. The van der Waals surface area contributed by atoms with Gasteiger partial charge in [0.15, 0.2) is 0 Å². The van der Waals surface area contributed by atoms with E-state index >= 15 is 0 Å².